The number of amides is 2. The van der Waals surface area contributed by atoms with E-state index >= 15 is 9.59 Å². The molecule has 80 heavy (non-hydrogen) atoms. The average molecular weight is 1120 g/mol. The molecule has 2 atom stereocenters. The number of aryl methyl sites for hydroxylation is 2. The van der Waals surface area contributed by atoms with E-state index in [1.807, 2.05) is 21.9 Å². The molecule has 0 spiro atoms. The first-order chi connectivity index (χ1) is 39.1. The second-order valence-corrected chi connectivity index (χ2v) is 25.1. The standard InChI is InChI=1S/C70H92N4O4S2/c1-9-15-19-22-24-27-43-77-55-35-29-33-53(45-55)64-65(54-34-30-36-56(46-54)78-44-28-25-23-20-16-10-2)72-66-57(39-37-49(7)63(66)71-64)58-41-42-60(80-58)68-62-61(69(75)74(68)48-52(14-6)32-26-21-17-11-3)67(59-40-38-50(8)79-59)73(70(62)76)47-51(13-5)31-18-12-4/h29-30,33-42,45-46,51-52H,9-28,31-32,43-44,47-48H2,1-8H3. The van der Waals surface area contributed by atoms with Crippen molar-refractivity contribution >= 4 is 56.9 Å². The second-order valence-electron chi connectivity index (χ2n) is 22.7. The molecule has 10 heteroatoms. The fraction of sp³-hybridized carbons (Fsp3) is 0.514. The third kappa shape index (κ3) is 14.9. The SMILES string of the molecule is CCCCCCCCOc1cccc(-c2nc3c(C)ccc(-c4ccc(C5=C6C(=O)N(CC(CC)CCCC)C(c7ccc(C)s7)=C6C(=O)N5CC(CC)CCCCCC)s4)c3nc2-c2cccc(OCCCCCCCC)c2)c1. The summed E-state index contributed by atoms with van der Waals surface area (Å²) in [5, 5.41) is 0. The molecule has 0 saturated carbocycles. The van der Waals surface area contributed by atoms with E-state index in [1.165, 1.54) is 77.0 Å². The minimum absolute atomic E-state index is 0.0469. The number of ether oxygens (including phenoxy) is 2. The van der Waals surface area contributed by atoms with Crippen LogP contribution in [0.15, 0.2) is 96.1 Å². The molecule has 5 heterocycles. The molecule has 8 nitrogen and oxygen atoms in total. The Balaban J connectivity index is 1.23. The van der Waals surface area contributed by atoms with Gasteiger partial charge in [-0.1, -0.05) is 194 Å². The zero-order chi connectivity index (χ0) is 56.4. The summed E-state index contributed by atoms with van der Waals surface area (Å²) >= 11 is 3.32. The molecule has 0 aliphatic carbocycles. The quantitative estimate of drug-likeness (QED) is 0.0369. The average Bonchev–Trinajstić information content (AvgIpc) is 4.33. The van der Waals surface area contributed by atoms with Gasteiger partial charge in [-0.2, -0.15) is 0 Å². The number of aromatic nitrogens is 2. The second kappa shape index (κ2) is 30.5. The fourth-order valence-corrected chi connectivity index (χ4v) is 13.6. The summed E-state index contributed by atoms with van der Waals surface area (Å²) in [6.07, 6.45) is 25.4. The molecule has 0 saturated heterocycles. The molecule has 2 amide bonds. The van der Waals surface area contributed by atoms with Crippen molar-refractivity contribution in [3.05, 3.63) is 116 Å². The van der Waals surface area contributed by atoms with Gasteiger partial charge in [-0.25, -0.2) is 9.97 Å². The molecule has 0 N–H and O–H groups in total. The lowest BCUT2D eigenvalue weighted by molar-refractivity contribution is -0.124. The minimum atomic E-state index is -0.0494. The van der Waals surface area contributed by atoms with Gasteiger partial charge in [-0.15, -0.1) is 22.7 Å². The van der Waals surface area contributed by atoms with Crippen LogP contribution in [0.3, 0.4) is 0 Å². The summed E-state index contributed by atoms with van der Waals surface area (Å²) in [5.74, 6) is 2.19. The first kappa shape index (κ1) is 60.5. The Morgan fingerprint density at radius 3 is 1.45 bits per heavy atom. The highest BCUT2D eigenvalue weighted by atomic mass is 32.1. The van der Waals surface area contributed by atoms with Gasteiger partial charge in [0.25, 0.3) is 11.8 Å². The van der Waals surface area contributed by atoms with E-state index in [1.54, 1.807) is 22.7 Å². The zero-order valence-electron chi connectivity index (χ0n) is 49.9. The summed E-state index contributed by atoms with van der Waals surface area (Å²) < 4.78 is 12.8. The summed E-state index contributed by atoms with van der Waals surface area (Å²) in [6, 6.07) is 29.6. The number of hydrogen-bond acceptors (Lipinski definition) is 8. The van der Waals surface area contributed by atoms with Gasteiger partial charge in [-0.05, 0) is 105 Å². The molecule has 6 aromatic rings. The molecule has 3 aromatic carbocycles. The number of benzene rings is 3. The molecule has 0 radical (unpaired) electrons. The lowest BCUT2D eigenvalue weighted by Gasteiger charge is -2.29. The van der Waals surface area contributed by atoms with E-state index in [9.17, 15) is 0 Å². The van der Waals surface area contributed by atoms with Crippen molar-refractivity contribution in [1.82, 2.24) is 19.8 Å². The van der Waals surface area contributed by atoms with Crippen molar-refractivity contribution in [2.75, 3.05) is 26.3 Å². The summed E-state index contributed by atoms with van der Waals surface area (Å²) in [5.41, 5.74) is 9.75. The number of hydrogen-bond donors (Lipinski definition) is 0. The maximum atomic E-state index is 15.5. The maximum absolute atomic E-state index is 15.5. The Morgan fingerprint density at radius 1 is 0.475 bits per heavy atom. The van der Waals surface area contributed by atoms with Gasteiger partial charge >= 0.3 is 0 Å². The van der Waals surface area contributed by atoms with Crippen molar-refractivity contribution in [3.8, 4) is 44.5 Å². The molecule has 2 aliphatic rings. The van der Waals surface area contributed by atoms with Crippen LogP contribution in [0.1, 0.15) is 203 Å². The fourth-order valence-electron chi connectivity index (χ4n) is 11.6. The van der Waals surface area contributed by atoms with Crippen molar-refractivity contribution in [1.29, 1.82) is 0 Å². The van der Waals surface area contributed by atoms with Crippen LogP contribution in [0.25, 0.3) is 55.4 Å². The van der Waals surface area contributed by atoms with Crippen LogP contribution in [-0.2, 0) is 9.59 Å². The van der Waals surface area contributed by atoms with Crippen LogP contribution >= 0.6 is 22.7 Å². The number of carbonyl (C=O) groups excluding carboxylic acids is 2. The summed E-state index contributed by atoms with van der Waals surface area (Å²) in [7, 11) is 0. The topological polar surface area (TPSA) is 84.9 Å². The van der Waals surface area contributed by atoms with Crippen LogP contribution in [0, 0.1) is 25.7 Å². The first-order valence-corrected chi connectivity index (χ1v) is 32.8. The molecule has 428 valence electrons. The molecule has 8 rings (SSSR count). The Bertz CT molecular complexity index is 3060. The van der Waals surface area contributed by atoms with Crippen LogP contribution < -0.4 is 9.47 Å². The van der Waals surface area contributed by atoms with Crippen molar-refractivity contribution in [2.24, 2.45) is 11.8 Å². The first-order valence-electron chi connectivity index (χ1n) is 31.2. The lowest BCUT2D eigenvalue weighted by Crippen LogP contribution is -2.34. The third-order valence-electron chi connectivity index (χ3n) is 16.5. The van der Waals surface area contributed by atoms with Crippen LogP contribution in [0.2, 0.25) is 0 Å². The Labute approximate surface area is 488 Å². The molecular formula is C70H92N4O4S2. The van der Waals surface area contributed by atoms with Gasteiger partial charge in [0.1, 0.15) is 11.5 Å². The number of nitrogens with zero attached hydrogens (tertiary/aromatic N) is 4. The van der Waals surface area contributed by atoms with Gasteiger partial charge in [-0.3, -0.25) is 9.59 Å². The van der Waals surface area contributed by atoms with Crippen LogP contribution in [-0.4, -0.2) is 57.9 Å². The Hall–Kier alpha value is -5.58. The lowest BCUT2D eigenvalue weighted by atomic mass is 9.97. The maximum Gasteiger partial charge on any atom is 0.261 e. The number of fused-ring (bicyclic) bond motifs is 2. The van der Waals surface area contributed by atoms with Gasteiger partial charge in [0.2, 0.25) is 0 Å². The molecule has 3 aromatic heterocycles. The van der Waals surface area contributed by atoms with Gasteiger partial charge in [0.15, 0.2) is 0 Å². The van der Waals surface area contributed by atoms with E-state index < -0.39 is 0 Å². The summed E-state index contributed by atoms with van der Waals surface area (Å²) in [6.45, 7) is 20.2. The molecule has 2 aliphatic heterocycles. The summed E-state index contributed by atoms with van der Waals surface area (Å²) in [4.78, 5) is 50.3. The minimum Gasteiger partial charge on any atom is -0.494 e. The Morgan fingerprint density at radius 2 is 0.938 bits per heavy atom. The van der Waals surface area contributed by atoms with Gasteiger partial charge < -0.3 is 19.3 Å². The Kier molecular flexibility index (Phi) is 23.0. The highest BCUT2D eigenvalue weighted by Crippen LogP contribution is 2.51. The normalized spacial score (nSPS) is 14.3. The van der Waals surface area contributed by atoms with E-state index in [0.29, 0.717) is 49.3 Å². The predicted octanol–water partition coefficient (Wildman–Crippen LogP) is 19.9. The van der Waals surface area contributed by atoms with Gasteiger partial charge in [0.05, 0.1) is 67.9 Å². The van der Waals surface area contributed by atoms with Crippen molar-refractivity contribution < 1.29 is 19.1 Å². The van der Waals surface area contributed by atoms with Crippen molar-refractivity contribution in [3.63, 3.8) is 0 Å². The number of carbonyl (C=O) groups is 2. The third-order valence-corrected chi connectivity index (χ3v) is 18.6. The predicted molar refractivity (Wildman–Crippen MR) is 338 cm³/mol. The molecular weight excluding hydrogens is 1020 g/mol. The molecule has 0 fully saturated rings. The molecule has 0 bridgehead atoms. The van der Waals surface area contributed by atoms with E-state index in [4.69, 9.17) is 19.4 Å². The highest BCUT2D eigenvalue weighted by molar-refractivity contribution is 7.16. The largest absolute Gasteiger partial charge is 0.494 e. The highest BCUT2D eigenvalue weighted by Gasteiger charge is 2.50. The smallest absolute Gasteiger partial charge is 0.261 e. The molecule has 2 unspecified atom stereocenters. The number of thiophene rings is 2. The zero-order valence-corrected chi connectivity index (χ0v) is 51.5. The van der Waals surface area contributed by atoms with Crippen LogP contribution in [0.5, 0.6) is 11.5 Å². The van der Waals surface area contributed by atoms with Crippen molar-refractivity contribution in [2.45, 2.75) is 197 Å². The monoisotopic (exact) mass is 1120 g/mol. The number of rotatable bonds is 35. The number of unbranched alkanes of at least 4 members (excludes halogenated alkanes) is 14. The van der Waals surface area contributed by atoms with E-state index in [2.05, 4.69) is 128 Å². The van der Waals surface area contributed by atoms with E-state index in [0.717, 1.165) is 151 Å². The van der Waals surface area contributed by atoms with Crippen LogP contribution in [0.4, 0.5) is 0 Å². The van der Waals surface area contributed by atoms with Gasteiger partial charge in [0, 0.05) is 39.5 Å². The van der Waals surface area contributed by atoms with E-state index in [-0.39, 0.29) is 11.8 Å².